The van der Waals surface area contributed by atoms with E-state index in [2.05, 4.69) is 10.6 Å². The van der Waals surface area contributed by atoms with Crippen LogP contribution in [0.1, 0.15) is 13.8 Å². The average Bonchev–Trinajstić information content (AvgIpc) is 2.36. The maximum atomic E-state index is 11.7. The molecule has 0 spiro atoms. The Hall–Kier alpha value is -2.24. The molecule has 0 aromatic heterocycles. The fourth-order valence-corrected chi connectivity index (χ4v) is 1.26. The number of ether oxygens (including phenoxy) is 1. The van der Waals surface area contributed by atoms with Crippen molar-refractivity contribution in [2.24, 2.45) is 11.1 Å². The Morgan fingerprint density at radius 1 is 1.37 bits per heavy atom. The van der Waals surface area contributed by atoms with E-state index >= 15 is 0 Å². The molecule has 1 rings (SSSR count). The zero-order valence-electron chi connectivity index (χ0n) is 11.3. The van der Waals surface area contributed by atoms with E-state index in [9.17, 15) is 9.59 Å². The van der Waals surface area contributed by atoms with Crippen LogP contribution >= 0.6 is 0 Å². The van der Waals surface area contributed by atoms with Crippen molar-refractivity contribution in [3.05, 3.63) is 24.3 Å². The molecule has 104 valence electrons. The molecule has 0 aliphatic carbocycles. The molecule has 0 fully saturated rings. The SMILES string of the molecule is COc1cccc(NC(=O)NCC(C)(C)C(N)=O)c1. The van der Waals surface area contributed by atoms with E-state index in [4.69, 9.17) is 10.5 Å². The van der Waals surface area contributed by atoms with Crippen LogP contribution in [-0.4, -0.2) is 25.6 Å². The van der Waals surface area contributed by atoms with E-state index < -0.39 is 17.4 Å². The van der Waals surface area contributed by atoms with Crippen molar-refractivity contribution in [2.75, 3.05) is 19.0 Å². The summed E-state index contributed by atoms with van der Waals surface area (Å²) in [6.45, 7) is 3.50. The van der Waals surface area contributed by atoms with Crippen molar-refractivity contribution in [1.82, 2.24) is 5.32 Å². The third-order valence-electron chi connectivity index (χ3n) is 2.69. The van der Waals surface area contributed by atoms with Crippen LogP contribution in [0.4, 0.5) is 10.5 Å². The van der Waals surface area contributed by atoms with Gasteiger partial charge in [0.2, 0.25) is 5.91 Å². The van der Waals surface area contributed by atoms with Crippen molar-refractivity contribution in [2.45, 2.75) is 13.8 Å². The van der Waals surface area contributed by atoms with Crippen molar-refractivity contribution in [3.8, 4) is 5.75 Å². The number of rotatable bonds is 5. The lowest BCUT2D eigenvalue weighted by molar-refractivity contribution is -0.125. The van der Waals surface area contributed by atoms with E-state index in [0.29, 0.717) is 11.4 Å². The number of carbonyl (C=O) groups excluding carboxylic acids is 2. The smallest absolute Gasteiger partial charge is 0.319 e. The number of methoxy groups -OCH3 is 1. The molecule has 0 radical (unpaired) electrons. The Balaban J connectivity index is 2.54. The fraction of sp³-hybridized carbons (Fsp3) is 0.385. The van der Waals surface area contributed by atoms with Gasteiger partial charge in [-0.15, -0.1) is 0 Å². The molecule has 6 nitrogen and oxygen atoms in total. The summed E-state index contributed by atoms with van der Waals surface area (Å²) in [7, 11) is 1.55. The van der Waals surface area contributed by atoms with Crippen LogP contribution in [0.25, 0.3) is 0 Å². The molecule has 3 amide bonds. The number of nitrogens with two attached hydrogens (primary N) is 1. The number of benzene rings is 1. The van der Waals surface area contributed by atoms with Crippen molar-refractivity contribution >= 4 is 17.6 Å². The molecule has 0 aliphatic heterocycles. The van der Waals surface area contributed by atoms with Gasteiger partial charge in [0.05, 0.1) is 12.5 Å². The van der Waals surface area contributed by atoms with Crippen LogP contribution in [0.3, 0.4) is 0 Å². The summed E-state index contributed by atoms with van der Waals surface area (Å²) in [5, 5.41) is 5.24. The summed E-state index contributed by atoms with van der Waals surface area (Å²) < 4.78 is 5.05. The predicted molar refractivity (Wildman–Crippen MR) is 73.0 cm³/mol. The summed E-state index contributed by atoms with van der Waals surface area (Å²) in [6.07, 6.45) is 0. The number of urea groups is 1. The second kappa shape index (κ2) is 6.08. The first-order valence-electron chi connectivity index (χ1n) is 5.84. The first-order chi connectivity index (χ1) is 8.85. The molecular formula is C13H19N3O3. The van der Waals surface area contributed by atoms with Gasteiger partial charge in [-0.2, -0.15) is 0 Å². The molecular weight excluding hydrogens is 246 g/mol. The van der Waals surface area contributed by atoms with Gasteiger partial charge >= 0.3 is 6.03 Å². The summed E-state index contributed by atoms with van der Waals surface area (Å²) in [4.78, 5) is 22.8. The minimum Gasteiger partial charge on any atom is -0.497 e. The average molecular weight is 265 g/mol. The third kappa shape index (κ3) is 4.50. The topological polar surface area (TPSA) is 93.4 Å². The highest BCUT2D eigenvalue weighted by Gasteiger charge is 2.25. The fourth-order valence-electron chi connectivity index (χ4n) is 1.26. The minimum absolute atomic E-state index is 0.165. The number of hydrogen-bond donors (Lipinski definition) is 3. The number of hydrogen-bond acceptors (Lipinski definition) is 3. The molecule has 0 heterocycles. The van der Waals surface area contributed by atoms with E-state index in [1.54, 1.807) is 45.2 Å². The molecule has 0 unspecified atom stereocenters. The second-order valence-corrected chi connectivity index (χ2v) is 4.79. The lowest BCUT2D eigenvalue weighted by Gasteiger charge is -2.20. The Kier molecular flexibility index (Phi) is 4.74. The zero-order chi connectivity index (χ0) is 14.5. The number of amides is 3. The summed E-state index contributed by atoms with van der Waals surface area (Å²) in [5.41, 5.74) is 5.04. The Labute approximate surface area is 112 Å². The van der Waals surface area contributed by atoms with Crippen molar-refractivity contribution < 1.29 is 14.3 Å². The van der Waals surface area contributed by atoms with Gasteiger partial charge in [0.15, 0.2) is 0 Å². The number of nitrogens with one attached hydrogen (secondary N) is 2. The normalized spacial score (nSPS) is 10.7. The third-order valence-corrected chi connectivity index (χ3v) is 2.69. The number of anilines is 1. The number of primary amides is 1. The molecule has 0 saturated heterocycles. The van der Waals surface area contributed by atoms with Crippen LogP contribution in [0, 0.1) is 5.41 Å². The summed E-state index contributed by atoms with van der Waals surface area (Å²) in [6, 6.07) is 6.57. The van der Waals surface area contributed by atoms with Gasteiger partial charge in [0, 0.05) is 18.3 Å². The lowest BCUT2D eigenvalue weighted by Crippen LogP contribution is -2.43. The minimum atomic E-state index is -0.786. The Morgan fingerprint density at radius 2 is 2.05 bits per heavy atom. The van der Waals surface area contributed by atoms with Crippen LogP contribution < -0.4 is 21.1 Å². The predicted octanol–water partition coefficient (Wildman–Crippen LogP) is 1.33. The lowest BCUT2D eigenvalue weighted by atomic mass is 9.93. The van der Waals surface area contributed by atoms with Crippen LogP contribution in [-0.2, 0) is 4.79 Å². The van der Waals surface area contributed by atoms with Gasteiger partial charge in [0.1, 0.15) is 5.75 Å². The Bertz CT molecular complexity index is 472. The quantitative estimate of drug-likeness (QED) is 0.749. The van der Waals surface area contributed by atoms with Gasteiger partial charge in [-0.25, -0.2) is 4.79 Å². The Morgan fingerprint density at radius 3 is 2.63 bits per heavy atom. The van der Waals surface area contributed by atoms with Gasteiger partial charge in [0.25, 0.3) is 0 Å². The second-order valence-electron chi connectivity index (χ2n) is 4.79. The van der Waals surface area contributed by atoms with E-state index in [1.807, 2.05) is 0 Å². The standard InChI is InChI=1S/C13H19N3O3/c1-13(2,11(14)17)8-15-12(18)16-9-5-4-6-10(7-9)19-3/h4-7H,8H2,1-3H3,(H2,14,17)(H2,15,16,18). The molecule has 4 N–H and O–H groups in total. The van der Waals surface area contributed by atoms with E-state index in [1.165, 1.54) is 0 Å². The van der Waals surface area contributed by atoms with Crippen molar-refractivity contribution in [3.63, 3.8) is 0 Å². The number of carbonyl (C=O) groups is 2. The zero-order valence-corrected chi connectivity index (χ0v) is 11.3. The molecule has 1 aromatic rings. The maximum absolute atomic E-state index is 11.7. The summed E-state index contributed by atoms with van der Waals surface area (Å²) in [5.74, 6) is 0.185. The van der Waals surface area contributed by atoms with Crippen LogP contribution in [0.2, 0.25) is 0 Å². The first-order valence-corrected chi connectivity index (χ1v) is 5.84. The van der Waals surface area contributed by atoms with Crippen LogP contribution in [0.15, 0.2) is 24.3 Å². The van der Waals surface area contributed by atoms with Gasteiger partial charge in [-0.05, 0) is 26.0 Å². The molecule has 0 aliphatic rings. The molecule has 1 aromatic carbocycles. The highest BCUT2D eigenvalue weighted by molar-refractivity contribution is 5.90. The molecule has 0 bridgehead atoms. The monoisotopic (exact) mass is 265 g/mol. The van der Waals surface area contributed by atoms with Gasteiger partial charge in [-0.1, -0.05) is 6.07 Å². The maximum Gasteiger partial charge on any atom is 0.319 e. The highest BCUT2D eigenvalue weighted by Crippen LogP contribution is 2.16. The first kappa shape index (κ1) is 14.8. The van der Waals surface area contributed by atoms with E-state index in [-0.39, 0.29) is 6.54 Å². The van der Waals surface area contributed by atoms with Crippen molar-refractivity contribution in [1.29, 1.82) is 0 Å². The van der Waals surface area contributed by atoms with Gasteiger partial charge < -0.3 is 21.1 Å². The summed E-state index contributed by atoms with van der Waals surface area (Å²) >= 11 is 0. The molecule has 6 heteroatoms. The largest absolute Gasteiger partial charge is 0.497 e. The molecule has 19 heavy (non-hydrogen) atoms. The van der Waals surface area contributed by atoms with E-state index in [0.717, 1.165) is 0 Å². The highest BCUT2D eigenvalue weighted by atomic mass is 16.5. The van der Waals surface area contributed by atoms with Gasteiger partial charge in [-0.3, -0.25) is 4.79 Å². The molecule has 0 saturated carbocycles. The van der Waals surface area contributed by atoms with Crippen LogP contribution in [0.5, 0.6) is 5.75 Å². The molecule has 0 atom stereocenters.